The minimum atomic E-state index is -0.355. The van der Waals surface area contributed by atoms with Crippen LogP contribution in [0.3, 0.4) is 0 Å². The van der Waals surface area contributed by atoms with Crippen LogP contribution in [0.4, 0.5) is 4.79 Å². The van der Waals surface area contributed by atoms with E-state index in [4.69, 9.17) is 9.47 Å². The second-order valence-corrected chi connectivity index (χ2v) is 7.46. The molecule has 4 rings (SSSR count). The standard InChI is InChI=1S/C19H24N2O4/c1-24-16-4-2-13(3-5-16)14-6-8-21(9-7-14)17(22)15-10-19(11-15)12-25-18(23)20-19/h2-5,14-15H,6-12H2,1H3,(H,20,23)/t15-,19+. The van der Waals surface area contributed by atoms with Crippen molar-refractivity contribution in [3.63, 3.8) is 0 Å². The van der Waals surface area contributed by atoms with Gasteiger partial charge in [-0.05, 0) is 49.3 Å². The van der Waals surface area contributed by atoms with Gasteiger partial charge in [-0.1, -0.05) is 12.1 Å². The molecule has 2 aliphatic heterocycles. The Morgan fingerprint density at radius 1 is 1.24 bits per heavy atom. The van der Waals surface area contributed by atoms with Crippen LogP contribution in [0.2, 0.25) is 0 Å². The summed E-state index contributed by atoms with van der Waals surface area (Å²) in [5.74, 6) is 1.64. The summed E-state index contributed by atoms with van der Waals surface area (Å²) in [4.78, 5) is 25.9. The molecule has 3 fully saturated rings. The number of nitrogens with zero attached hydrogens (tertiary/aromatic N) is 1. The average Bonchev–Trinajstić information content (AvgIpc) is 3.02. The van der Waals surface area contributed by atoms with E-state index in [9.17, 15) is 9.59 Å². The Bertz CT molecular complexity index is 659. The van der Waals surface area contributed by atoms with E-state index in [0.717, 1.165) is 31.7 Å². The van der Waals surface area contributed by atoms with Crippen LogP contribution in [0, 0.1) is 5.92 Å². The molecule has 0 radical (unpaired) electrons. The first kappa shape index (κ1) is 16.2. The van der Waals surface area contributed by atoms with E-state index >= 15 is 0 Å². The van der Waals surface area contributed by atoms with Crippen LogP contribution in [0.25, 0.3) is 0 Å². The third kappa shape index (κ3) is 3.05. The normalized spacial score (nSPS) is 29.1. The van der Waals surface area contributed by atoms with Crippen LogP contribution in [-0.2, 0) is 9.53 Å². The number of amides is 2. The Balaban J connectivity index is 1.28. The lowest BCUT2D eigenvalue weighted by molar-refractivity contribution is -0.142. The highest BCUT2D eigenvalue weighted by Gasteiger charge is 2.53. The maximum Gasteiger partial charge on any atom is 0.407 e. The summed E-state index contributed by atoms with van der Waals surface area (Å²) in [7, 11) is 1.67. The van der Waals surface area contributed by atoms with Gasteiger partial charge >= 0.3 is 6.09 Å². The van der Waals surface area contributed by atoms with Gasteiger partial charge in [-0.3, -0.25) is 4.79 Å². The number of carbonyl (C=O) groups excluding carboxylic acids is 2. The molecular formula is C19H24N2O4. The second kappa shape index (κ2) is 6.24. The molecule has 25 heavy (non-hydrogen) atoms. The summed E-state index contributed by atoms with van der Waals surface area (Å²) in [5.41, 5.74) is 1.04. The van der Waals surface area contributed by atoms with Gasteiger partial charge < -0.3 is 19.7 Å². The largest absolute Gasteiger partial charge is 0.497 e. The fourth-order valence-corrected chi connectivity index (χ4v) is 4.34. The van der Waals surface area contributed by atoms with E-state index in [0.29, 0.717) is 25.4 Å². The maximum absolute atomic E-state index is 12.7. The van der Waals surface area contributed by atoms with Gasteiger partial charge in [0.1, 0.15) is 12.4 Å². The fraction of sp³-hybridized carbons (Fsp3) is 0.579. The van der Waals surface area contributed by atoms with Crippen LogP contribution in [0.15, 0.2) is 24.3 Å². The lowest BCUT2D eigenvalue weighted by Crippen LogP contribution is -2.58. The number of benzene rings is 1. The van der Waals surface area contributed by atoms with E-state index in [1.165, 1.54) is 5.56 Å². The maximum atomic E-state index is 12.7. The molecular weight excluding hydrogens is 320 g/mol. The van der Waals surface area contributed by atoms with Crippen molar-refractivity contribution < 1.29 is 19.1 Å². The first-order valence-corrected chi connectivity index (χ1v) is 8.96. The molecule has 2 saturated heterocycles. The van der Waals surface area contributed by atoms with E-state index in [-0.39, 0.29) is 23.5 Å². The van der Waals surface area contributed by atoms with Crippen LogP contribution in [0.1, 0.15) is 37.2 Å². The van der Waals surface area contributed by atoms with Gasteiger partial charge in [-0.2, -0.15) is 0 Å². The summed E-state index contributed by atoms with van der Waals surface area (Å²) in [5, 5.41) is 2.85. The Labute approximate surface area is 147 Å². The van der Waals surface area contributed by atoms with Crippen LogP contribution in [-0.4, -0.2) is 49.2 Å². The summed E-state index contributed by atoms with van der Waals surface area (Å²) >= 11 is 0. The number of cyclic esters (lactones) is 1. The highest BCUT2D eigenvalue weighted by atomic mass is 16.6. The zero-order valence-electron chi connectivity index (χ0n) is 14.5. The minimum absolute atomic E-state index is 0.0273. The zero-order valence-corrected chi connectivity index (χ0v) is 14.5. The second-order valence-electron chi connectivity index (χ2n) is 7.46. The highest BCUT2D eigenvalue weighted by Crippen LogP contribution is 2.42. The molecule has 1 N–H and O–H groups in total. The number of carbonyl (C=O) groups is 2. The zero-order chi connectivity index (χ0) is 17.4. The molecule has 0 atom stereocenters. The van der Waals surface area contributed by atoms with E-state index in [1.54, 1.807) is 7.11 Å². The van der Waals surface area contributed by atoms with Gasteiger partial charge in [-0.25, -0.2) is 4.79 Å². The number of ether oxygens (including phenoxy) is 2. The average molecular weight is 344 g/mol. The van der Waals surface area contributed by atoms with Crippen molar-refractivity contribution in [3.05, 3.63) is 29.8 Å². The van der Waals surface area contributed by atoms with Crippen LogP contribution in [0.5, 0.6) is 5.75 Å². The van der Waals surface area contributed by atoms with Gasteiger partial charge in [0.25, 0.3) is 0 Å². The molecule has 3 aliphatic rings. The smallest absolute Gasteiger partial charge is 0.407 e. The van der Waals surface area contributed by atoms with E-state index in [1.807, 2.05) is 17.0 Å². The SMILES string of the molecule is COc1ccc(C2CCN(C(=O)[C@H]3C[C@]4(COC(=O)N4)C3)CC2)cc1. The van der Waals surface area contributed by atoms with Gasteiger partial charge in [-0.15, -0.1) is 0 Å². The topological polar surface area (TPSA) is 67.9 Å². The number of hydrogen-bond donors (Lipinski definition) is 1. The van der Waals surface area contributed by atoms with Crippen molar-refractivity contribution in [2.75, 3.05) is 26.8 Å². The number of likely N-dealkylation sites (tertiary alicyclic amines) is 1. The predicted molar refractivity (Wildman–Crippen MR) is 91.5 cm³/mol. The Morgan fingerprint density at radius 2 is 1.92 bits per heavy atom. The number of methoxy groups -OCH3 is 1. The molecule has 1 spiro atoms. The number of nitrogens with one attached hydrogen (secondary N) is 1. The van der Waals surface area contributed by atoms with Crippen molar-refractivity contribution in [3.8, 4) is 5.75 Å². The fourth-order valence-electron chi connectivity index (χ4n) is 4.34. The predicted octanol–water partition coefficient (Wildman–Crippen LogP) is 2.29. The highest BCUT2D eigenvalue weighted by molar-refractivity contribution is 5.81. The Hall–Kier alpha value is -2.24. The lowest BCUT2D eigenvalue weighted by Gasteiger charge is -2.45. The monoisotopic (exact) mass is 344 g/mol. The Kier molecular flexibility index (Phi) is 4.06. The molecule has 6 nitrogen and oxygen atoms in total. The lowest BCUT2D eigenvalue weighted by atomic mass is 9.68. The molecule has 6 heteroatoms. The summed E-state index contributed by atoms with van der Waals surface area (Å²) in [6.07, 6.45) is 3.04. The van der Waals surface area contributed by atoms with Crippen molar-refractivity contribution in [2.24, 2.45) is 5.92 Å². The summed E-state index contributed by atoms with van der Waals surface area (Å²) in [6.45, 7) is 2.01. The molecule has 0 unspecified atom stereocenters. The third-order valence-corrected chi connectivity index (χ3v) is 5.86. The molecule has 2 heterocycles. The minimum Gasteiger partial charge on any atom is -0.497 e. The van der Waals surface area contributed by atoms with Crippen LogP contribution >= 0.6 is 0 Å². The van der Waals surface area contributed by atoms with Crippen molar-refractivity contribution >= 4 is 12.0 Å². The van der Waals surface area contributed by atoms with Gasteiger partial charge in [0.2, 0.25) is 5.91 Å². The summed E-state index contributed by atoms with van der Waals surface area (Å²) in [6, 6.07) is 8.25. The van der Waals surface area contributed by atoms with Crippen LogP contribution < -0.4 is 10.1 Å². The molecule has 0 bridgehead atoms. The molecule has 1 aromatic carbocycles. The van der Waals surface area contributed by atoms with Gasteiger partial charge in [0.05, 0.1) is 12.6 Å². The van der Waals surface area contributed by atoms with Gasteiger partial charge in [0, 0.05) is 19.0 Å². The van der Waals surface area contributed by atoms with Crippen molar-refractivity contribution in [1.29, 1.82) is 0 Å². The first-order valence-electron chi connectivity index (χ1n) is 8.96. The van der Waals surface area contributed by atoms with Crippen molar-refractivity contribution in [2.45, 2.75) is 37.1 Å². The number of piperidine rings is 1. The number of hydrogen-bond acceptors (Lipinski definition) is 4. The molecule has 1 aliphatic carbocycles. The summed E-state index contributed by atoms with van der Waals surface area (Å²) < 4.78 is 10.2. The van der Waals surface area contributed by atoms with Crippen molar-refractivity contribution in [1.82, 2.24) is 10.2 Å². The number of rotatable bonds is 3. The van der Waals surface area contributed by atoms with Gasteiger partial charge in [0.15, 0.2) is 0 Å². The molecule has 1 aromatic rings. The quantitative estimate of drug-likeness (QED) is 0.913. The molecule has 2 amide bonds. The number of alkyl carbamates (subject to hydrolysis) is 1. The van der Waals surface area contributed by atoms with E-state index < -0.39 is 0 Å². The first-order chi connectivity index (χ1) is 12.1. The third-order valence-electron chi connectivity index (χ3n) is 5.86. The van der Waals surface area contributed by atoms with E-state index in [2.05, 4.69) is 17.4 Å². The molecule has 0 aromatic heterocycles. The Morgan fingerprint density at radius 3 is 2.48 bits per heavy atom. The molecule has 1 saturated carbocycles. The molecule has 134 valence electrons.